The van der Waals surface area contributed by atoms with Crippen molar-refractivity contribution >= 4 is 12.0 Å². The number of hydrogen-bond donors (Lipinski definition) is 2. The Balaban J connectivity index is 1.25. The van der Waals surface area contributed by atoms with Gasteiger partial charge >= 0.3 is 6.09 Å². The van der Waals surface area contributed by atoms with Crippen LogP contribution in [0.2, 0.25) is 0 Å². The minimum absolute atomic E-state index is 0.0263. The molecule has 0 saturated carbocycles. The lowest BCUT2D eigenvalue weighted by Crippen LogP contribution is -2.50. The first-order chi connectivity index (χ1) is 15.0. The molecule has 160 valence electrons. The third kappa shape index (κ3) is 3.54. The molecule has 1 saturated heterocycles. The predicted molar refractivity (Wildman–Crippen MR) is 109 cm³/mol. The summed E-state index contributed by atoms with van der Waals surface area (Å²) in [5.41, 5.74) is 3.65. The predicted octanol–water partition coefficient (Wildman–Crippen LogP) is 2.45. The van der Waals surface area contributed by atoms with Gasteiger partial charge in [-0.15, -0.1) is 0 Å². The van der Waals surface area contributed by atoms with Crippen molar-refractivity contribution in [3.63, 3.8) is 0 Å². The molecule has 2 aromatic heterocycles. The molecular weight excluding hydrogens is 400 g/mol. The number of carboxylic acid groups (broad SMARTS) is 1. The maximum absolute atomic E-state index is 12.7. The van der Waals surface area contributed by atoms with Gasteiger partial charge in [-0.2, -0.15) is 10.1 Å². The van der Waals surface area contributed by atoms with Gasteiger partial charge in [0.15, 0.2) is 0 Å². The van der Waals surface area contributed by atoms with E-state index in [0.717, 1.165) is 24.0 Å². The van der Waals surface area contributed by atoms with E-state index in [4.69, 9.17) is 9.63 Å². The average molecular weight is 422 g/mol. The summed E-state index contributed by atoms with van der Waals surface area (Å²) in [4.78, 5) is 29.3. The second-order valence-corrected chi connectivity index (χ2v) is 7.89. The summed E-state index contributed by atoms with van der Waals surface area (Å²) in [5.74, 6) is 1.00. The summed E-state index contributed by atoms with van der Waals surface area (Å²) in [6, 6.07) is 5.94. The summed E-state index contributed by atoms with van der Waals surface area (Å²) in [6.45, 7) is 2.74. The SMILES string of the molecule is CCc1nc(-c2ccc3c(c2)CC[C@H]3NC(=O)c2cnn(C3CN(C(=O)O)C3)c2)no1. The van der Waals surface area contributed by atoms with E-state index in [2.05, 4.69) is 26.6 Å². The average Bonchev–Trinajstić information content (AvgIpc) is 3.46. The molecule has 1 aromatic carbocycles. The number of benzene rings is 1. The van der Waals surface area contributed by atoms with Crippen molar-refractivity contribution in [3.05, 3.63) is 53.2 Å². The molecule has 1 aliphatic heterocycles. The molecule has 2 amide bonds. The molecule has 31 heavy (non-hydrogen) atoms. The van der Waals surface area contributed by atoms with Crippen molar-refractivity contribution in [1.29, 1.82) is 0 Å². The van der Waals surface area contributed by atoms with Crippen LogP contribution in [0.1, 0.15) is 52.8 Å². The Bertz CT molecular complexity index is 1150. The molecule has 1 fully saturated rings. The molecule has 1 atom stereocenters. The number of fused-ring (bicyclic) bond motifs is 1. The lowest BCUT2D eigenvalue weighted by Gasteiger charge is -2.36. The maximum Gasteiger partial charge on any atom is 0.407 e. The van der Waals surface area contributed by atoms with Gasteiger partial charge in [0, 0.05) is 31.3 Å². The number of carbonyl (C=O) groups excluding carboxylic acids is 1. The highest BCUT2D eigenvalue weighted by atomic mass is 16.5. The zero-order valence-electron chi connectivity index (χ0n) is 17.0. The quantitative estimate of drug-likeness (QED) is 0.647. The minimum Gasteiger partial charge on any atom is -0.465 e. The fourth-order valence-corrected chi connectivity index (χ4v) is 4.10. The largest absolute Gasteiger partial charge is 0.465 e. The van der Waals surface area contributed by atoms with Crippen LogP contribution in [0.25, 0.3) is 11.4 Å². The summed E-state index contributed by atoms with van der Waals surface area (Å²) in [5, 5.41) is 20.3. The molecule has 3 heterocycles. The molecule has 10 heteroatoms. The van der Waals surface area contributed by atoms with Gasteiger partial charge in [0.05, 0.1) is 23.8 Å². The second-order valence-electron chi connectivity index (χ2n) is 7.89. The van der Waals surface area contributed by atoms with E-state index in [1.54, 1.807) is 10.9 Å². The van der Waals surface area contributed by atoms with E-state index < -0.39 is 6.09 Å². The van der Waals surface area contributed by atoms with Gasteiger partial charge in [0.1, 0.15) is 0 Å². The monoisotopic (exact) mass is 422 g/mol. The van der Waals surface area contributed by atoms with Crippen LogP contribution in [0.4, 0.5) is 4.79 Å². The molecule has 1 aliphatic carbocycles. The Kier molecular flexibility index (Phi) is 4.68. The van der Waals surface area contributed by atoms with Crippen LogP contribution in [0.3, 0.4) is 0 Å². The van der Waals surface area contributed by atoms with Crippen LogP contribution in [0.5, 0.6) is 0 Å². The van der Waals surface area contributed by atoms with Crippen molar-refractivity contribution in [2.24, 2.45) is 0 Å². The number of nitrogens with zero attached hydrogens (tertiary/aromatic N) is 5. The molecule has 0 unspecified atom stereocenters. The summed E-state index contributed by atoms with van der Waals surface area (Å²) < 4.78 is 6.87. The van der Waals surface area contributed by atoms with Gasteiger partial charge in [-0.1, -0.05) is 24.2 Å². The molecule has 2 aliphatic rings. The number of nitrogens with one attached hydrogen (secondary N) is 1. The van der Waals surface area contributed by atoms with Gasteiger partial charge in [0.25, 0.3) is 5.91 Å². The number of carbonyl (C=O) groups is 2. The molecule has 0 bridgehead atoms. The zero-order valence-corrected chi connectivity index (χ0v) is 17.0. The fourth-order valence-electron chi connectivity index (χ4n) is 4.10. The van der Waals surface area contributed by atoms with Crippen molar-refractivity contribution in [3.8, 4) is 11.4 Å². The highest BCUT2D eigenvalue weighted by Gasteiger charge is 2.33. The lowest BCUT2D eigenvalue weighted by atomic mass is 10.0. The highest BCUT2D eigenvalue weighted by Crippen LogP contribution is 2.34. The molecule has 10 nitrogen and oxygen atoms in total. The third-order valence-electron chi connectivity index (χ3n) is 5.93. The van der Waals surface area contributed by atoms with E-state index in [1.807, 2.05) is 19.1 Å². The Hall–Kier alpha value is -3.69. The van der Waals surface area contributed by atoms with Crippen LogP contribution < -0.4 is 5.32 Å². The van der Waals surface area contributed by atoms with Crippen LogP contribution in [0, 0.1) is 0 Å². The number of likely N-dealkylation sites (tertiary alicyclic amines) is 1. The number of amides is 2. The Morgan fingerprint density at radius 1 is 1.32 bits per heavy atom. The van der Waals surface area contributed by atoms with Crippen molar-refractivity contribution in [2.75, 3.05) is 13.1 Å². The summed E-state index contributed by atoms with van der Waals surface area (Å²) in [6.07, 6.45) is 4.65. The number of aryl methyl sites for hydroxylation is 2. The van der Waals surface area contributed by atoms with Gasteiger partial charge in [-0.05, 0) is 30.0 Å². The number of rotatable bonds is 5. The van der Waals surface area contributed by atoms with Gasteiger partial charge in [0.2, 0.25) is 11.7 Å². The lowest BCUT2D eigenvalue weighted by molar-refractivity contribution is 0.0809. The first kappa shape index (κ1) is 19.3. The van der Waals surface area contributed by atoms with Gasteiger partial charge in [-0.3, -0.25) is 9.48 Å². The van der Waals surface area contributed by atoms with E-state index in [9.17, 15) is 9.59 Å². The van der Waals surface area contributed by atoms with Crippen LogP contribution >= 0.6 is 0 Å². The first-order valence-corrected chi connectivity index (χ1v) is 10.3. The van der Waals surface area contributed by atoms with Gasteiger partial charge < -0.3 is 19.8 Å². The standard InChI is InChI=1S/C21H22N6O4/c1-2-18-24-19(25-31-18)13-3-5-16-12(7-13)4-6-17(16)23-20(28)14-8-22-27(9-14)15-10-26(11-15)21(29)30/h3,5,7-9,15,17H,2,4,6,10-11H2,1H3,(H,23,28)(H,29,30)/t17-/m1/s1. The Morgan fingerprint density at radius 2 is 2.16 bits per heavy atom. The van der Waals surface area contributed by atoms with Crippen LogP contribution in [0.15, 0.2) is 35.1 Å². The van der Waals surface area contributed by atoms with Crippen LogP contribution in [-0.2, 0) is 12.8 Å². The Labute approximate surface area is 177 Å². The van der Waals surface area contributed by atoms with Gasteiger partial charge in [-0.25, -0.2) is 4.79 Å². The first-order valence-electron chi connectivity index (χ1n) is 10.3. The topological polar surface area (TPSA) is 126 Å². The smallest absolute Gasteiger partial charge is 0.407 e. The third-order valence-corrected chi connectivity index (χ3v) is 5.93. The van der Waals surface area contributed by atoms with Crippen molar-refractivity contribution in [1.82, 2.24) is 30.1 Å². The number of hydrogen-bond acceptors (Lipinski definition) is 6. The zero-order chi connectivity index (χ0) is 21.5. The summed E-state index contributed by atoms with van der Waals surface area (Å²) in [7, 11) is 0. The van der Waals surface area contributed by atoms with Crippen LogP contribution in [-0.4, -0.2) is 55.0 Å². The van der Waals surface area contributed by atoms with Crippen molar-refractivity contribution in [2.45, 2.75) is 38.3 Å². The van der Waals surface area contributed by atoms with E-state index >= 15 is 0 Å². The van der Waals surface area contributed by atoms with Crippen molar-refractivity contribution < 1.29 is 19.2 Å². The van der Waals surface area contributed by atoms with E-state index in [1.165, 1.54) is 16.7 Å². The number of aromatic nitrogens is 4. The second kappa shape index (κ2) is 7.53. The minimum atomic E-state index is -0.936. The molecule has 0 radical (unpaired) electrons. The van der Waals surface area contributed by atoms with E-state index in [-0.39, 0.29) is 18.0 Å². The fraction of sp³-hybridized carbons (Fsp3) is 0.381. The Morgan fingerprint density at radius 3 is 2.90 bits per heavy atom. The normalized spacial score (nSPS) is 18.0. The molecule has 3 aromatic rings. The summed E-state index contributed by atoms with van der Waals surface area (Å²) >= 11 is 0. The molecule has 2 N–H and O–H groups in total. The highest BCUT2D eigenvalue weighted by molar-refractivity contribution is 5.94. The maximum atomic E-state index is 12.7. The molecule has 0 spiro atoms. The molecule has 5 rings (SSSR count). The van der Waals surface area contributed by atoms with E-state index in [0.29, 0.717) is 36.8 Å². The molecular formula is C21H22N6O4.